The number of aromatic nitrogens is 1. The number of hydrogen-bond acceptors (Lipinski definition) is 5. The molecular formula is C19H24N2O5. The van der Waals surface area contributed by atoms with Crippen LogP contribution in [-0.2, 0) is 20.9 Å². The molecule has 0 bridgehead atoms. The van der Waals surface area contributed by atoms with E-state index >= 15 is 0 Å². The summed E-state index contributed by atoms with van der Waals surface area (Å²) in [6, 6.07) is 6.83. The molecule has 0 unspecified atom stereocenters. The van der Waals surface area contributed by atoms with Crippen LogP contribution in [-0.4, -0.2) is 29.1 Å². The van der Waals surface area contributed by atoms with Crippen LogP contribution in [0.3, 0.4) is 0 Å². The summed E-state index contributed by atoms with van der Waals surface area (Å²) in [5.74, 6) is -1.09. The first-order chi connectivity index (χ1) is 12.5. The number of hydrogen-bond donors (Lipinski definition) is 1. The van der Waals surface area contributed by atoms with Crippen LogP contribution in [0.5, 0.6) is 0 Å². The average molecular weight is 360 g/mol. The Kier molecular flexibility index (Phi) is 5.75. The lowest BCUT2D eigenvalue weighted by molar-refractivity contribution is -0.155. The maximum absolute atomic E-state index is 12.1. The summed E-state index contributed by atoms with van der Waals surface area (Å²) in [5.41, 5.74) is 0.924. The lowest BCUT2D eigenvalue weighted by Gasteiger charge is -2.22. The largest absolute Gasteiger partial charge is 0.451 e. The molecule has 1 aromatic carbocycles. The molecule has 7 nitrogen and oxygen atoms in total. The number of benzene rings is 1. The van der Waals surface area contributed by atoms with Gasteiger partial charge >= 0.3 is 11.7 Å². The summed E-state index contributed by atoms with van der Waals surface area (Å²) < 4.78 is 11.5. The van der Waals surface area contributed by atoms with Gasteiger partial charge in [0.15, 0.2) is 11.7 Å². The van der Waals surface area contributed by atoms with E-state index in [0.29, 0.717) is 23.6 Å². The average Bonchev–Trinajstić information content (AvgIpc) is 2.96. The standard InChI is InChI=1S/C19H24N2O5/c1-13(18(23)20-11-14-7-3-2-4-8-14)25-17(22)12-21-15-9-5-6-10-16(15)26-19(21)24/h5-6,9-10,13-14H,2-4,7-8,11-12H2,1H3,(H,20,23)/t13-/m0/s1. The van der Waals surface area contributed by atoms with Gasteiger partial charge in [-0.3, -0.25) is 14.2 Å². The normalized spacial score (nSPS) is 16.3. The molecular weight excluding hydrogens is 336 g/mol. The van der Waals surface area contributed by atoms with E-state index in [9.17, 15) is 14.4 Å². The fourth-order valence-electron chi connectivity index (χ4n) is 3.36. The molecule has 1 aliphatic rings. The van der Waals surface area contributed by atoms with Crippen molar-refractivity contribution >= 4 is 23.0 Å². The zero-order chi connectivity index (χ0) is 18.5. The van der Waals surface area contributed by atoms with Gasteiger partial charge in [-0.25, -0.2) is 4.79 Å². The van der Waals surface area contributed by atoms with Gasteiger partial charge in [0, 0.05) is 6.54 Å². The minimum Gasteiger partial charge on any atom is -0.451 e. The highest BCUT2D eigenvalue weighted by Crippen LogP contribution is 2.22. The Morgan fingerprint density at radius 3 is 2.77 bits per heavy atom. The number of esters is 1. The predicted molar refractivity (Wildman–Crippen MR) is 95.6 cm³/mol. The van der Waals surface area contributed by atoms with Gasteiger partial charge in [-0.15, -0.1) is 0 Å². The Balaban J connectivity index is 1.52. The van der Waals surface area contributed by atoms with Crippen molar-refractivity contribution in [3.05, 3.63) is 34.8 Å². The maximum Gasteiger partial charge on any atom is 0.420 e. The monoisotopic (exact) mass is 360 g/mol. The summed E-state index contributed by atoms with van der Waals surface area (Å²) in [7, 11) is 0. The van der Waals surface area contributed by atoms with E-state index in [1.54, 1.807) is 24.3 Å². The minimum atomic E-state index is -0.903. The van der Waals surface area contributed by atoms with E-state index in [1.807, 2.05) is 0 Å². The van der Waals surface area contributed by atoms with E-state index in [0.717, 1.165) is 12.8 Å². The molecule has 0 spiro atoms. The van der Waals surface area contributed by atoms with E-state index in [1.165, 1.54) is 30.8 Å². The highest BCUT2D eigenvalue weighted by molar-refractivity contribution is 5.83. The molecule has 0 saturated heterocycles. The van der Waals surface area contributed by atoms with Crippen molar-refractivity contribution in [1.29, 1.82) is 0 Å². The van der Waals surface area contributed by atoms with Gasteiger partial charge in [-0.05, 0) is 37.8 Å². The fourth-order valence-corrected chi connectivity index (χ4v) is 3.36. The van der Waals surface area contributed by atoms with Crippen molar-refractivity contribution in [2.45, 2.75) is 51.7 Å². The first-order valence-electron chi connectivity index (χ1n) is 9.10. The van der Waals surface area contributed by atoms with Crippen LogP contribution in [0.15, 0.2) is 33.5 Å². The quantitative estimate of drug-likeness (QED) is 0.798. The number of carbonyl (C=O) groups excluding carboxylic acids is 2. The van der Waals surface area contributed by atoms with E-state index in [4.69, 9.17) is 9.15 Å². The number of amides is 1. The van der Waals surface area contributed by atoms with Gasteiger partial charge in [-0.1, -0.05) is 31.4 Å². The Morgan fingerprint density at radius 1 is 1.27 bits per heavy atom. The summed E-state index contributed by atoms with van der Waals surface area (Å²) in [6.45, 7) is 1.85. The van der Waals surface area contributed by atoms with Crippen molar-refractivity contribution in [3.63, 3.8) is 0 Å². The second-order valence-corrected chi connectivity index (χ2v) is 6.80. The van der Waals surface area contributed by atoms with Gasteiger partial charge in [0.05, 0.1) is 5.52 Å². The lowest BCUT2D eigenvalue weighted by atomic mass is 9.89. The van der Waals surface area contributed by atoms with E-state index in [-0.39, 0.29) is 12.5 Å². The number of rotatable bonds is 6. The first-order valence-corrected chi connectivity index (χ1v) is 9.10. The second kappa shape index (κ2) is 8.21. The second-order valence-electron chi connectivity index (χ2n) is 6.80. The summed E-state index contributed by atoms with van der Waals surface area (Å²) in [4.78, 5) is 36.1. The van der Waals surface area contributed by atoms with Crippen molar-refractivity contribution in [3.8, 4) is 0 Å². The third-order valence-corrected chi connectivity index (χ3v) is 4.83. The molecule has 1 heterocycles. The molecule has 0 radical (unpaired) electrons. The predicted octanol–water partition coefficient (Wildman–Crippen LogP) is 2.22. The van der Waals surface area contributed by atoms with Crippen molar-refractivity contribution < 1.29 is 18.7 Å². The number of fused-ring (bicyclic) bond motifs is 1. The van der Waals surface area contributed by atoms with Crippen molar-refractivity contribution in [1.82, 2.24) is 9.88 Å². The van der Waals surface area contributed by atoms with Gasteiger partial charge in [-0.2, -0.15) is 0 Å². The van der Waals surface area contributed by atoms with Crippen LogP contribution in [0, 0.1) is 5.92 Å². The van der Waals surface area contributed by atoms with Gasteiger partial charge in [0.2, 0.25) is 0 Å². The lowest BCUT2D eigenvalue weighted by Crippen LogP contribution is -2.39. The van der Waals surface area contributed by atoms with Crippen LogP contribution in [0.4, 0.5) is 0 Å². The van der Waals surface area contributed by atoms with Crippen molar-refractivity contribution in [2.75, 3.05) is 6.54 Å². The van der Waals surface area contributed by atoms with Gasteiger partial charge < -0.3 is 14.5 Å². The molecule has 1 aliphatic carbocycles. The van der Waals surface area contributed by atoms with E-state index in [2.05, 4.69) is 5.32 Å². The van der Waals surface area contributed by atoms with Crippen LogP contribution in [0.2, 0.25) is 0 Å². The Labute approximate surface area is 151 Å². The van der Waals surface area contributed by atoms with E-state index < -0.39 is 17.8 Å². The number of para-hydroxylation sites is 2. The summed E-state index contributed by atoms with van der Waals surface area (Å²) in [5, 5.41) is 2.85. The number of ether oxygens (including phenoxy) is 1. The van der Waals surface area contributed by atoms with Crippen LogP contribution < -0.4 is 11.1 Å². The first kappa shape index (κ1) is 18.2. The molecule has 3 rings (SSSR count). The molecule has 0 aliphatic heterocycles. The topological polar surface area (TPSA) is 90.5 Å². The smallest absolute Gasteiger partial charge is 0.420 e. The van der Waals surface area contributed by atoms with Crippen LogP contribution in [0.25, 0.3) is 11.1 Å². The molecule has 2 aromatic rings. The number of oxazole rings is 1. The van der Waals surface area contributed by atoms with Crippen LogP contribution >= 0.6 is 0 Å². The molecule has 1 saturated carbocycles. The third-order valence-electron chi connectivity index (χ3n) is 4.83. The van der Waals surface area contributed by atoms with Crippen molar-refractivity contribution in [2.24, 2.45) is 5.92 Å². The molecule has 1 atom stereocenters. The van der Waals surface area contributed by atoms with Gasteiger partial charge in [0.1, 0.15) is 6.54 Å². The maximum atomic E-state index is 12.1. The highest BCUT2D eigenvalue weighted by atomic mass is 16.5. The minimum absolute atomic E-state index is 0.296. The zero-order valence-electron chi connectivity index (χ0n) is 14.9. The Morgan fingerprint density at radius 2 is 2.00 bits per heavy atom. The number of carbonyl (C=O) groups is 2. The molecule has 1 amide bonds. The molecule has 140 valence electrons. The summed E-state index contributed by atoms with van der Waals surface area (Å²) in [6.07, 6.45) is 5.04. The van der Waals surface area contributed by atoms with Crippen LogP contribution in [0.1, 0.15) is 39.0 Å². The molecule has 7 heteroatoms. The number of nitrogens with zero attached hydrogens (tertiary/aromatic N) is 1. The summed E-state index contributed by atoms with van der Waals surface area (Å²) >= 11 is 0. The Hall–Kier alpha value is -2.57. The molecule has 1 fully saturated rings. The molecule has 26 heavy (non-hydrogen) atoms. The molecule has 1 N–H and O–H groups in total. The SMILES string of the molecule is C[C@H](OC(=O)Cn1c(=O)oc2ccccc21)C(=O)NCC1CCCCC1. The fraction of sp³-hybridized carbons (Fsp3) is 0.526. The Bertz CT molecular complexity index is 832. The zero-order valence-corrected chi connectivity index (χ0v) is 14.9. The highest BCUT2D eigenvalue weighted by Gasteiger charge is 2.21. The van der Waals surface area contributed by atoms with Gasteiger partial charge in [0.25, 0.3) is 5.91 Å². The molecule has 1 aromatic heterocycles. The third kappa shape index (κ3) is 4.33. The number of nitrogens with one attached hydrogen (secondary N) is 1.